The summed E-state index contributed by atoms with van der Waals surface area (Å²) in [4.78, 5) is 9.17. The molecule has 0 bridgehead atoms. The van der Waals surface area contributed by atoms with Gasteiger partial charge in [0.15, 0.2) is 5.82 Å². The van der Waals surface area contributed by atoms with Gasteiger partial charge in [0.25, 0.3) is 0 Å². The monoisotopic (exact) mass is 421 g/mol. The molecule has 0 aliphatic heterocycles. The summed E-state index contributed by atoms with van der Waals surface area (Å²) in [5, 5.41) is 0.881. The number of pyridine rings is 1. The Kier molecular flexibility index (Phi) is 6.56. The molecule has 10 heteroatoms. The number of anilines is 1. The highest BCUT2D eigenvalue weighted by Crippen LogP contribution is 2.31. The van der Waals surface area contributed by atoms with Crippen molar-refractivity contribution < 1.29 is 17.9 Å². The van der Waals surface area contributed by atoms with Crippen molar-refractivity contribution in [3.63, 3.8) is 0 Å². The molecule has 0 saturated heterocycles. The molecule has 3 N–H and O–H groups in total. The van der Waals surface area contributed by atoms with Crippen molar-refractivity contribution in [2.45, 2.75) is 33.4 Å². The van der Waals surface area contributed by atoms with E-state index >= 15 is 0 Å². The summed E-state index contributed by atoms with van der Waals surface area (Å²) in [6.07, 6.45) is 2.05. The molecule has 29 heavy (non-hydrogen) atoms. The van der Waals surface area contributed by atoms with Crippen LogP contribution in [0.15, 0.2) is 18.2 Å². The molecule has 0 amide bonds. The molecule has 9 nitrogen and oxygen atoms in total. The highest BCUT2D eigenvalue weighted by Gasteiger charge is 2.17. The van der Waals surface area contributed by atoms with Crippen molar-refractivity contribution in [3.05, 3.63) is 24.0 Å². The van der Waals surface area contributed by atoms with E-state index in [-0.39, 0.29) is 13.2 Å². The number of imidazole rings is 1. The average Bonchev–Trinajstić information content (AvgIpc) is 3.03. The molecular weight excluding hydrogens is 394 g/mol. The molecule has 0 spiro atoms. The van der Waals surface area contributed by atoms with Gasteiger partial charge in [-0.2, -0.15) is 0 Å². The maximum atomic E-state index is 11.2. The van der Waals surface area contributed by atoms with Crippen LogP contribution in [0.2, 0.25) is 0 Å². The lowest BCUT2D eigenvalue weighted by Gasteiger charge is -2.11. The third-order valence-corrected chi connectivity index (χ3v) is 5.10. The molecular formula is C19H27N5O4S. The van der Waals surface area contributed by atoms with Crippen LogP contribution in [0.4, 0.5) is 5.82 Å². The molecule has 3 aromatic rings. The molecule has 2 heterocycles. The Morgan fingerprint density at radius 3 is 2.72 bits per heavy atom. The topological polar surface area (TPSA) is 121 Å². The fourth-order valence-electron chi connectivity index (χ4n) is 3.19. The van der Waals surface area contributed by atoms with Crippen LogP contribution in [0.3, 0.4) is 0 Å². The number of benzene rings is 1. The minimum Gasteiger partial charge on any atom is -0.492 e. The van der Waals surface area contributed by atoms with Gasteiger partial charge >= 0.3 is 0 Å². The summed E-state index contributed by atoms with van der Waals surface area (Å²) in [5.41, 5.74) is 8.49. The van der Waals surface area contributed by atoms with Gasteiger partial charge < -0.3 is 19.8 Å². The summed E-state index contributed by atoms with van der Waals surface area (Å²) < 4.78 is 38.2. The van der Waals surface area contributed by atoms with Crippen LogP contribution >= 0.6 is 0 Å². The molecule has 0 saturated carbocycles. The second-order valence-electron chi connectivity index (χ2n) is 6.70. The Labute approximate surface area is 170 Å². The van der Waals surface area contributed by atoms with E-state index in [1.165, 1.54) is 0 Å². The van der Waals surface area contributed by atoms with E-state index in [4.69, 9.17) is 15.2 Å². The second kappa shape index (κ2) is 8.93. The molecule has 3 rings (SSSR count). The molecule has 1 aromatic carbocycles. The van der Waals surface area contributed by atoms with Gasteiger partial charge in [0, 0.05) is 25.1 Å². The molecule has 0 atom stereocenters. The number of aryl methyl sites for hydroxylation is 1. The van der Waals surface area contributed by atoms with Crippen LogP contribution in [0.5, 0.6) is 5.75 Å². The van der Waals surface area contributed by atoms with Crippen molar-refractivity contribution >= 4 is 37.8 Å². The Bertz CT molecular complexity index is 1110. The number of fused-ring (bicyclic) bond motifs is 3. The Balaban J connectivity index is 2.01. The van der Waals surface area contributed by atoms with E-state index < -0.39 is 10.0 Å². The Morgan fingerprint density at radius 1 is 1.24 bits per heavy atom. The van der Waals surface area contributed by atoms with Crippen LogP contribution in [0.25, 0.3) is 21.9 Å². The quantitative estimate of drug-likeness (QED) is 0.480. The number of sulfonamides is 1. The minimum atomic E-state index is -3.24. The van der Waals surface area contributed by atoms with Gasteiger partial charge in [0.2, 0.25) is 10.0 Å². The van der Waals surface area contributed by atoms with Gasteiger partial charge in [-0.3, -0.25) is 0 Å². The number of nitrogens with zero attached hydrogens (tertiary/aromatic N) is 3. The maximum Gasteiger partial charge on any atom is 0.208 e. The summed E-state index contributed by atoms with van der Waals surface area (Å²) in [5.74, 6) is 1.82. The first-order valence-corrected chi connectivity index (χ1v) is 11.5. The normalized spacial score (nSPS) is 12.1. The van der Waals surface area contributed by atoms with Crippen molar-refractivity contribution in [3.8, 4) is 5.75 Å². The molecule has 2 aromatic heterocycles. The van der Waals surface area contributed by atoms with Gasteiger partial charge in [-0.25, -0.2) is 23.1 Å². The third-order valence-electron chi connectivity index (χ3n) is 4.37. The van der Waals surface area contributed by atoms with Crippen LogP contribution in [0.1, 0.15) is 26.1 Å². The first kappa shape index (κ1) is 21.3. The summed E-state index contributed by atoms with van der Waals surface area (Å²) >= 11 is 0. The zero-order valence-corrected chi connectivity index (χ0v) is 17.8. The molecule has 158 valence electrons. The SMILES string of the molecule is CCCn1c(COCC)nc2c(N)nc3ccc(OCCNS(C)(=O)=O)cc3c21. The molecule has 0 aliphatic rings. The number of nitrogen functional groups attached to an aromatic ring is 1. The third kappa shape index (κ3) is 4.95. The van der Waals surface area contributed by atoms with E-state index in [0.717, 1.165) is 41.5 Å². The predicted octanol–water partition coefficient (Wildman–Crippen LogP) is 2.04. The Hall–Kier alpha value is -2.43. The summed E-state index contributed by atoms with van der Waals surface area (Å²) in [6.45, 7) is 6.24. The smallest absolute Gasteiger partial charge is 0.208 e. The predicted molar refractivity (Wildman–Crippen MR) is 113 cm³/mol. The number of hydrogen-bond donors (Lipinski definition) is 2. The van der Waals surface area contributed by atoms with Crippen molar-refractivity contribution in [1.82, 2.24) is 19.3 Å². The van der Waals surface area contributed by atoms with E-state index in [0.29, 0.717) is 30.3 Å². The zero-order chi connectivity index (χ0) is 21.0. The number of nitrogens with two attached hydrogens (primary N) is 1. The van der Waals surface area contributed by atoms with E-state index in [2.05, 4.69) is 26.2 Å². The van der Waals surface area contributed by atoms with Gasteiger partial charge in [0.05, 0.1) is 17.3 Å². The minimum absolute atomic E-state index is 0.193. The zero-order valence-electron chi connectivity index (χ0n) is 16.9. The van der Waals surface area contributed by atoms with E-state index in [1.807, 2.05) is 19.1 Å². The fraction of sp³-hybridized carbons (Fsp3) is 0.474. The summed E-state index contributed by atoms with van der Waals surface area (Å²) in [6, 6.07) is 5.53. The highest BCUT2D eigenvalue weighted by atomic mass is 32.2. The lowest BCUT2D eigenvalue weighted by molar-refractivity contribution is 0.126. The van der Waals surface area contributed by atoms with Crippen LogP contribution in [-0.2, 0) is 27.9 Å². The maximum absolute atomic E-state index is 11.2. The standard InChI is InChI=1S/C19H27N5O4S/c1-4-9-24-16(12-27-5-2)23-17-18(24)14-11-13(6-7-15(14)22-19(17)20)28-10-8-21-29(3,25)26/h6-7,11,21H,4-5,8-10,12H2,1-3H3,(H2,20,22). The number of rotatable bonds is 10. The first-order chi connectivity index (χ1) is 13.8. The van der Waals surface area contributed by atoms with Crippen molar-refractivity contribution in [2.24, 2.45) is 0 Å². The highest BCUT2D eigenvalue weighted by molar-refractivity contribution is 7.88. The van der Waals surface area contributed by atoms with Gasteiger partial charge in [-0.15, -0.1) is 0 Å². The lowest BCUT2D eigenvalue weighted by Crippen LogP contribution is -2.26. The largest absolute Gasteiger partial charge is 0.492 e. The first-order valence-electron chi connectivity index (χ1n) is 9.57. The Morgan fingerprint density at radius 2 is 2.03 bits per heavy atom. The molecule has 0 radical (unpaired) electrons. The van der Waals surface area contributed by atoms with E-state index in [1.54, 1.807) is 6.07 Å². The number of nitrogens with one attached hydrogen (secondary N) is 1. The van der Waals surface area contributed by atoms with Gasteiger partial charge in [-0.05, 0) is 31.5 Å². The molecule has 0 unspecified atom stereocenters. The van der Waals surface area contributed by atoms with Crippen molar-refractivity contribution in [2.75, 3.05) is 31.7 Å². The molecule has 0 aliphatic carbocycles. The number of ether oxygens (including phenoxy) is 2. The number of aromatic nitrogens is 3. The average molecular weight is 422 g/mol. The summed E-state index contributed by atoms with van der Waals surface area (Å²) in [7, 11) is -3.24. The number of hydrogen-bond acceptors (Lipinski definition) is 7. The van der Waals surface area contributed by atoms with Crippen LogP contribution < -0.4 is 15.2 Å². The lowest BCUT2D eigenvalue weighted by atomic mass is 10.1. The van der Waals surface area contributed by atoms with Gasteiger partial charge in [-0.1, -0.05) is 6.92 Å². The van der Waals surface area contributed by atoms with E-state index in [9.17, 15) is 8.42 Å². The molecule has 0 fully saturated rings. The van der Waals surface area contributed by atoms with Gasteiger partial charge in [0.1, 0.15) is 30.3 Å². The van der Waals surface area contributed by atoms with Crippen LogP contribution in [-0.4, -0.2) is 49.0 Å². The van der Waals surface area contributed by atoms with Crippen LogP contribution in [0, 0.1) is 0 Å². The van der Waals surface area contributed by atoms with Crippen molar-refractivity contribution in [1.29, 1.82) is 0 Å². The fourth-order valence-corrected chi connectivity index (χ4v) is 3.64. The second-order valence-corrected chi connectivity index (χ2v) is 8.54.